The van der Waals surface area contributed by atoms with Crippen molar-refractivity contribution in [2.24, 2.45) is 0 Å². The van der Waals surface area contributed by atoms with E-state index in [1.54, 1.807) is 31.3 Å². The first-order valence-corrected chi connectivity index (χ1v) is 7.11. The van der Waals surface area contributed by atoms with Crippen LogP contribution in [0.15, 0.2) is 54.6 Å². The standard InChI is InChI=1S/C18H19NO3/c1-19(16-11-7-6-10-15(16)18(21)22-2)17(20)13-12-14-8-4-3-5-9-14/h3-11H,12-13H2,1-2H3. The normalized spacial score (nSPS) is 10.1. The fourth-order valence-electron chi connectivity index (χ4n) is 2.25. The first kappa shape index (κ1) is 15.8. The molecule has 0 atom stereocenters. The number of hydrogen-bond donors (Lipinski definition) is 0. The van der Waals surface area contributed by atoms with Crippen LogP contribution in [0, 0.1) is 0 Å². The van der Waals surface area contributed by atoms with E-state index >= 15 is 0 Å². The van der Waals surface area contributed by atoms with Gasteiger partial charge in [0.05, 0.1) is 18.4 Å². The molecule has 4 heteroatoms. The summed E-state index contributed by atoms with van der Waals surface area (Å²) in [6.07, 6.45) is 1.06. The molecule has 0 unspecified atom stereocenters. The molecule has 0 fully saturated rings. The van der Waals surface area contributed by atoms with Crippen molar-refractivity contribution in [1.29, 1.82) is 0 Å². The van der Waals surface area contributed by atoms with Crippen molar-refractivity contribution in [2.75, 3.05) is 19.1 Å². The zero-order valence-corrected chi connectivity index (χ0v) is 12.8. The second kappa shape index (κ2) is 7.41. The number of benzene rings is 2. The molecule has 114 valence electrons. The molecule has 0 aliphatic heterocycles. The number of amides is 1. The van der Waals surface area contributed by atoms with Gasteiger partial charge in [-0.3, -0.25) is 4.79 Å². The molecule has 0 saturated carbocycles. The zero-order valence-electron chi connectivity index (χ0n) is 12.8. The lowest BCUT2D eigenvalue weighted by molar-refractivity contribution is -0.118. The van der Waals surface area contributed by atoms with Crippen LogP contribution in [0.3, 0.4) is 0 Å². The van der Waals surface area contributed by atoms with Crippen LogP contribution in [-0.2, 0) is 16.0 Å². The van der Waals surface area contributed by atoms with Crippen LogP contribution in [0.25, 0.3) is 0 Å². The Bertz CT molecular complexity index is 652. The molecule has 0 aromatic heterocycles. The molecule has 0 saturated heterocycles. The SMILES string of the molecule is COC(=O)c1ccccc1N(C)C(=O)CCc1ccccc1. The van der Waals surface area contributed by atoms with Gasteiger partial charge in [-0.1, -0.05) is 42.5 Å². The van der Waals surface area contributed by atoms with Gasteiger partial charge in [-0.25, -0.2) is 4.79 Å². The number of hydrogen-bond acceptors (Lipinski definition) is 3. The molecular formula is C18H19NO3. The number of aryl methyl sites for hydroxylation is 1. The van der Waals surface area contributed by atoms with Crippen LogP contribution in [0.2, 0.25) is 0 Å². The fraction of sp³-hybridized carbons (Fsp3) is 0.222. The Morgan fingerprint density at radius 1 is 1.00 bits per heavy atom. The summed E-state index contributed by atoms with van der Waals surface area (Å²) < 4.78 is 4.76. The monoisotopic (exact) mass is 297 g/mol. The molecule has 2 aromatic rings. The quantitative estimate of drug-likeness (QED) is 0.797. The van der Waals surface area contributed by atoms with Crippen molar-refractivity contribution in [3.8, 4) is 0 Å². The topological polar surface area (TPSA) is 46.6 Å². The third-order valence-corrected chi connectivity index (χ3v) is 3.52. The Morgan fingerprint density at radius 3 is 2.32 bits per heavy atom. The van der Waals surface area contributed by atoms with Crippen LogP contribution in [0.5, 0.6) is 0 Å². The lowest BCUT2D eigenvalue weighted by atomic mass is 10.1. The molecule has 2 rings (SSSR count). The van der Waals surface area contributed by atoms with E-state index in [1.807, 2.05) is 30.3 Å². The van der Waals surface area contributed by atoms with Gasteiger partial charge in [-0.2, -0.15) is 0 Å². The van der Waals surface area contributed by atoms with Crippen molar-refractivity contribution < 1.29 is 14.3 Å². The van der Waals surface area contributed by atoms with E-state index in [2.05, 4.69) is 0 Å². The summed E-state index contributed by atoms with van der Waals surface area (Å²) >= 11 is 0. The number of rotatable bonds is 5. The highest BCUT2D eigenvalue weighted by Crippen LogP contribution is 2.21. The van der Waals surface area contributed by atoms with Gasteiger partial charge in [-0.05, 0) is 24.1 Å². The first-order chi connectivity index (χ1) is 10.6. The van der Waals surface area contributed by atoms with Crippen LogP contribution in [-0.4, -0.2) is 26.0 Å². The summed E-state index contributed by atoms with van der Waals surface area (Å²) in [7, 11) is 3.01. The summed E-state index contributed by atoms with van der Waals surface area (Å²) in [5.74, 6) is -0.487. The molecule has 0 aliphatic carbocycles. The number of methoxy groups -OCH3 is 1. The number of carbonyl (C=O) groups excluding carboxylic acids is 2. The Labute approximate surface area is 130 Å². The number of esters is 1. The minimum atomic E-state index is -0.446. The Morgan fingerprint density at radius 2 is 1.64 bits per heavy atom. The lowest BCUT2D eigenvalue weighted by Crippen LogP contribution is -2.28. The third-order valence-electron chi connectivity index (χ3n) is 3.52. The molecule has 0 radical (unpaired) electrons. The second-order valence-electron chi connectivity index (χ2n) is 4.95. The van der Waals surface area contributed by atoms with Gasteiger partial charge in [0.2, 0.25) is 5.91 Å². The highest BCUT2D eigenvalue weighted by molar-refractivity contribution is 6.02. The second-order valence-corrected chi connectivity index (χ2v) is 4.95. The molecule has 0 N–H and O–H groups in total. The summed E-state index contributed by atoms with van der Waals surface area (Å²) in [5.41, 5.74) is 2.07. The number of carbonyl (C=O) groups is 2. The van der Waals surface area contributed by atoms with Crippen LogP contribution in [0.4, 0.5) is 5.69 Å². The molecule has 0 spiro atoms. The summed E-state index contributed by atoms with van der Waals surface area (Å²) in [5, 5.41) is 0. The molecular weight excluding hydrogens is 278 g/mol. The van der Waals surface area contributed by atoms with Crippen molar-refractivity contribution >= 4 is 17.6 Å². The lowest BCUT2D eigenvalue weighted by Gasteiger charge is -2.19. The number of para-hydroxylation sites is 1. The zero-order chi connectivity index (χ0) is 15.9. The average Bonchev–Trinajstić information content (AvgIpc) is 2.59. The van der Waals surface area contributed by atoms with Gasteiger partial charge in [0, 0.05) is 13.5 Å². The summed E-state index contributed by atoms with van der Waals surface area (Å²) in [6.45, 7) is 0. The molecule has 4 nitrogen and oxygen atoms in total. The molecule has 0 bridgehead atoms. The van der Waals surface area contributed by atoms with E-state index in [0.717, 1.165) is 5.56 Å². The predicted molar refractivity (Wildman–Crippen MR) is 86.0 cm³/mol. The van der Waals surface area contributed by atoms with Gasteiger partial charge < -0.3 is 9.64 Å². The Hall–Kier alpha value is -2.62. The minimum absolute atomic E-state index is 0.0415. The van der Waals surface area contributed by atoms with E-state index in [0.29, 0.717) is 24.1 Å². The fourth-order valence-corrected chi connectivity index (χ4v) is 2.25. The third kappa shape index (κ3) is 3.73. The van der Waals surface area contributed by atoms with Gasteiger partial charge in [0.1, 0.15) is 0 Å². The maximum absolute atomic E-state index is 12.4. The van der Waals surface area contributed by atoms with Crippen molar-refractivity contribution in [3.05, 3.63) is 65.7 Å². The highest BCUT2D eigenvalue weighted by Gasteiger charge is 2.18. The average molecular weight is 297 g/mol. The van der Waals surface area contributed by atoms with E-state index in [9.17, 15) is 9.59 Å². The van der Waals surface area contributed by atoms with Gasteiger partial charge in [0.25, 0.3) is 0 Å². The largest absolute Gasteiger partial charge is 0.465 e. The summed E-state index contributed by atoms with van der Waals surface area (Å²) in [6, 6.07) is 16.8. The number of anilines is 1. The van der Waals surface area contributed by atoms with E-state index in [-0.39, 0.29) is 5.91 Å². The van der Waals surface area contributed by atoms with Gasteiger partial charge >= 0.3 is 5.97 Å². The molecule has 2 aromatic carbocycles. The van der Waals surface area contributed by atoms with E-state index in [4.69, 9.17) is 4.74 Å². The molecule has 0 heterocycles. The predicted octanol–water partition coefficient (Wildman–Crippen LogP) is 3.07. The van der Waals surface area contributed by atoms with Crippen molar-refractivity contribution in [2.45, 2.75) is 12.8 Å². The maximum atomic E-state index is 12.4. The van der Waals surface area contributed by atoms with E-state index < -0.39 is 5.97 Å². The maximum Gasteiger partial charge on any atom is 0.339 e. The van der Waals surface area contributed by atoms with Crippen LogP contribution >= 0.6 is 0 Å². The number of nitrogens with zero attached hydrogens (tertiary/aromatic N) is 1. The van der Waals surface area contributed by atoms with Crippen LogP contribution in [0.1, 0.15) is 22.3 Å². The molecule has 1 amide bonds. The minimum Gasteiger partial charge on any atom is -0.465 e. The Balaban J connectivity index is 2.09. The summed E-state index contributed by atoms with van der Waals surface area (Å²) in [4.78, 5) is 25.6. The van der Waals surface area contributed by atoms with Gasteiger partial charge in [-0.15, -0.1) is 0 Å². The van der Waals surface area contributed by atoms with Crippen LogP contribution < -0.4 is 4.90 Å². The smallest absolute Gasteiger partial charge is 0.339 e. The first-order valence-electron chi connectivity index (χ1n) is 7.11. The van der Waals surface area contributed by atoms with E-state index in [1.165, 1.54) is 12.0 Å². The van der Waals surface area contributed by atoms with Crippen molar-refractivity contribution in [1.82, 2.24) is 0 Å². The van der Waals surface area contributed by atoms with Crippen molar-refractivity contribution in [3.63, 3.8) is 0 Å². The molecule has 0 aliphatic rings. The van der Waals surface area contributed by atoms with Gasteiger partial charge in [0.15, 0.2) is 0 Å². The number of ether oxygens (including phenoxy) is 1. The highest BCUT2D eigenvalue weighted by atomic mass is 16.5. The Kier molecular flexibility index (Phi) is 5.31. The molecule has 22 heavy (non-hydrogen) atoms.